The highest BCUT2D eigenvalue weighted by atomic mass is 19.4. The van der Waals surface area contributed by atoms with Crippen LogP contribution >= 0.6 is 0 Å². The predicted octanol–water partition coefficient (Wildman–Crippen LogP) is 5.36. The molecule has 2 bridgehead atoms. The summed E-state index contributed by atoms with van der Waals surface area (Å²) in [5, 5.41) is 0.679. The van der Waals surface area contributed by atoms with E-state index < -0.39 is 34.8 Å². The summed E-state index contributed by atoms with van der Waals surface area (Å²) in [6.45, 7) is -0.290. The van der Waals surface area contributed by atoms with Gasteiger partial charge in [0.25, 0.3) is 5.91 Å². The van der Waals surface area contributed by atoms with Gasteiger partial charge in [-0.05, 0) is 62.8 Å². The van der Waals surface area contributed by atoms with Gasteiger partial charge >= 0.3 is 12.2 Å². The number of fused-ring (bicyclic) bond motifs is 4. The SMILES string of the molecule is COc1cc2ncnc(OC34CCC(N5C(=O)CN(c6cccc(C(F)(F)F)c6)C5=O)(CC3)CC4)c2cc1OC. The first-order chi connectivity index (χ1) is 19.1. The zero-order valence-electron chi connectivity index (χ0n) is 22.0. The lowest BCUT2D eigenvalue weighted by atomic mass is 9.62. The van der Waals surface area contributed by atoms with Crippen molar-refractivity contribution in [3.8, 4) is 17.4 Å². The quantitative estimate of drug-likeness (QED) is 0.378. The Balaban J connectivity index is 1.22. The molecule has 0 spiro atoms. The molecule has 1 saturated heterocycles. The Bertz CT molecular complexity index is 1490. The number of aromatic nitrogens is 2. The van der Waals surface area contributed by atoms with Gasteiger partial charge < -0.3 is 14.2 Å². The Morgan fingerprint density at radius 2 is 1.57 bits per heavy atom. The van der Waals surface area contributed by atoms with E-state index >= 15 is 0 Å². The highest BCUT2D eigenvalue weighted by Crippen LogP contribution is 2.53. The molecule has 9 nitrogen and oxygen atoms in total. The second kappa shape index (κ2) is 9.24. The van der Waals surface area contributed by atoms with E-state index in [1.807, 2.05) is 0 Å². The van der Waals surface area contributed by atoms with Crippen LogP contribution in [0.2, 0.25) is 0 Å². The van der Waals surface area contributed by atoms with Crippen molar-refractivity contribution in [3.63, 3.8) is 0 Å². The molecule has 0 radical (unpaired) electrons. The van der Waals surface area contributed by atoms with E-state index in [0.29, 0.717) is 66.8 Å². The molecule has 210 valence electrons. The van der Waals surface area contributed by atoms with Gasteiger partial charge in [0.2, 0.25) is 5.88 Å². The van der Waals surface area contributed by atoms with Crippen LogP contribution in [0.3, 0.4) is 0 Å². The van der Waals surface area contributed by atoms with E-state index in [9.17, 15) is 22.8 Å². The minimum Gasteiger partial charge on any atom is -0.493 e. The van der Waals surface area contributed by atoms with Crippen LogP contribution in [0, 0.1) is 0 Å². The van der Waals surface area contributed by atoms with Crippen molar-refractivity contribution >= 4 is 28.5 Å². The number of hydrogen-bond acceptors (Lipinski definition) is 7. The number of hydrogen-bond donors (Lipinski definition) is 0. The number of rotatable bonds is 6. The average Bonchev–Trinajstić information content (AvgIpc) is 3.27. The van der Waals surface area contributed by atoms with Gasteiger partial charge in [-0.2, -0.15) is 13.2 Å². The van der Waals surface area contributed by atoms with Gasteiger partial charge in [0.05, 0.1) is 36.2 Å². The highest BCUT2D eigenvalue weighted by Gasteiger charge is 2.58. The Morgan fingerprint density at radius 1 is 0.900 bits per heavy atom. The van der Waals surface area contributed by atoms with Gasteiger partial charge in [-0.25, -0.2) is 14.8 Å². The largest absolute Gasteiger partial charge is 0.493 e. The van der Waals surface area contributed by atoms with Crippen LogP contribution in [0.25, 0.3) is 10.9 Å². The van der Waals surface area contributed by atoms with E-state index in [2.05, 4.69) is 9.97 Å². The minimum atomic E-state index is -4.55. The number of imide groups is 1. The number of benzene rings is 2. The van der Waals surface area contributed by atoms with Crippen molar-refractivity contribution in [2.45, 2.75) is 55.8 Å². The van der Waals surface area contributed by atoms with Crippen LogP contribution < -0.4 is 19.1 Å². The standard InChI is InChI=1S/C28H27F3N4O5/c1-38-21-13-19-20(14-22(21)39-2)32-16-33-24(19)40-27-9-6-26(7-10-27,8-11-27)35-23(36)15-34(25(35)37)18-5-3-4-17(12-18)28(29,30)31/h3-5,12-14,16H,6-11,15H2,1-2H3. The van der Waals surface area contributed by atoms with Crippen molar-refractivity contribution in [1.82, 2.24) is 14.9 Å². The maximum absolute atomic E-state index is 13.5. The molecule has 0 unspecified atom stereocenters. The summed E-state index contributed by atoms with van der Waals surface area (Å²) in [6, 6.07) is 7.46. The number of halogens is 3. The van der Waals surface area contributed by atoms with Gasteiger partial charge in [0.15, 0.2) is 11.5 Å². The first-order valence-corrected chi connectivity index (χ1v) is 13.0. The van der Waals surface area contributed by atoms with Gasteiger partial charge in [-0.1, -0.05) is 6.07 Å². The van der Waals surface area contributed by atoms with Crippen molar-refractivity contribution in [3.05, 3.63) is 48.3 Å². The summed E-state index contributed by atoms with van der Waals surface area (Å²) in [5.74, 6) is 1.08. The van der Waals surface area contributed by atoms with Crippen molar-refractivity contribution < 1.29 is 37.0 Å². The lowest BCUT2D eigenvalue weighted by Gasteiger charge is -2.55. The molecule has 0 N–H and O–H groups in total. The summed E-state index contributed by atoms with van der Waals surface area (Å²) < 4.78 is 57.1. The number of ether oxygens (including phenoxy) is 3. The van der Waals surface area contributed by atoms with E-state index in [4.69, 9.17) is 14.2 Å². The molecule has 3 saturated carbocycles. The summed E-state index contributed by atoms with van der Waals surface area (Å²) >= 11 is 0. The smallest absolute Gasteiger partial charge is 0.416 e. The summed E-state index contributed by atoms with van der Waals surface area (Å²) in [6.07, 6.45) is 0.234. The fraction of sp³-hybridized carbons (Fsp3) is 0.429. The van der Waals surface area contributed by atoms with Crippen LogP contribution in [0.1, 0.15) is 44.1 Å². The third kappa shape index (κ3) is 4.16. The Hall–Kier alpha value is -4.09. The Kier molecular flexibility index (Phi) is 6.04. The predicted molar refractivity (Wildman–Crippen MR) is 137 cm³/mol. The molecule has 40 heavy (non-hydrogen) atoms. The number of nitrogens with zero attached hydrogens (tertiary/aromatic N) is 4. The van der Waals surface area contributed by atoms with E-state index in [0.717, 1.165) is 17.0 Å². The number of methoxy groups -OCH3 is 2. The van der Waals surface area contributed by atoms with E-state index in [1.54, 1.807) is 26.4 Å². The highest BCUT2D eigenvalue weighted by molar-refractivity contribution is 6.13. The minimum absolute atomic E-state index is 0.0547. The molecule has 4 aliphatic rings. The van der Waals surface area contributed by atoms with Crippen LogP contribution in [0.15, 0.2) is 42.7 Å². The molecule has 2 heterocycles. The van der Waals surface area contributed by atoms with Crippen LogP contribution in [0.5, 0.6) is 17.4 Å². The number of carbonyl (C=O) groups is 2. The second-order valence-corrected chi connectivity index (χ2v) is 10.6. The third-order valence-corrected chi connectivity index (χ3v) is 8.48. The molecular formula is C28H27F3N4O5. The molecule has 12 heteroatoms. The summed E-state index contributed by atoms with van der Waals surface area (Å²) in [5.41, 5.74) is -1.39. The molecule has 1 aromatic heterocycles. The fourth-order valence-electron chi connectivity index (χ4n) is 6.29. The lowest BCUT2D eigenvalue weighted by molar-refractivity contribution is -0.139. The van der Waals surface area contributed by atoms with Crippen molar-refractivity contribution in [2.24, 2.45) is 0 Å². The first-order valence-electron chi connectivity index (χ1n) is 13.0. The summed E-state index contributed by atoms with van der Waals surface area (Å²) in [7, 11) is 3.09. The molecule has 4 fully saturated rings. The number of alkyl halides is 3. The van der Waals surface area contributed by atoms with Crippen LogP contribution in [0.4, 0.5) is 23.7 Å². The maximum atomic E-state index is 13.5. The normalized spacial score (nSPS) is 24.6. The van der Waals surface area contributed by atoms with E-state index in [1.165, 1.54) is 23.4 Å². The average molecular weight is 557 g/mol. The zero-order chi connectivity index (χ0) is 28.3. The van der Waals surface area contributed by atoms with Gasteiger partial charge in [-0.15, -0.1) is 0 Å². The molecule has 3 amide bonds. The van der Waals surface area contributed by atoms with Crippen LogP contribution in [-0.2, 0) is 11.0 Å². The zero-order valence-corrected chi connectivity index (χ0v) is 22.0. The van der Waals surface area contributed by atoms with Crippen molar-refractivity contribution in [2.75, 3.05) is 25.7 Å². The van der Waals surface area contributed by atoms with Crippen LogP contribution in [-0.4, -0.2) is 58.7 Å². The van der Waals surface area contributed by atoms with Gasteiger partial charge in [0, 0.05) is 11.8 Å². The van der Waals surface area contributed by atoms with E-state index in [-0.39, 0.29) is 12.2 Å². The van der Waals surface area contributed by atoms with Crippen molar-refractivity contribution in [1.29, 1.82) is 0 Å². The monoisotopic (exact) mass is 556 g/mol. The maximum Gasteiger partial charge on any atom is 0.416 e. The first kappa shape index (κ1) is 26.1. The molecule has 0 atom stereocenters. The molecule has 1 aliphatic heterocycles. The molecule has 3 aliphatic carbocycles. The molecule has 3 aromatic rings. The number of anilines is 1. The Morgan fingerprint density at radius 3 is 2.23 bits per heavy atom. The third-order valence-electron chi connectivity index (χ3n) is 8.48. The topological polar surface area (TPSA) is 94.1 Å². The fourth-order valence-corrected chi connectivity index (χ4v) is 6.29. The molecule has 7 rings (SSSR count). The summed E-state index contributed by atoms with van der Waals surface area (Å²) in [4.78, 5) is 37.7. The van der Waals surface area contributed by atoms with Gasteiger partial charge in [0.1, 0.15) is 18.5 Å². The number of amides is 3. The van der Waals surface area contributed by atoms with Gasteiger partial charge in [-0.3, -0.25) is 14.6 Å². The Labute approximate surface area is 227 Å². The number of urea groups is 1. The molecule has 2 aromatic carbocycles. The number of carbonyl (C=O) groups excluding carboxylic acids is 2. The lowest BCUT2D eigenvalue weighted by Crippen LogP contribution is -2.62. The second-order valence-electron chi connectivity index (χ2n) is 10.6. The molecular weight excluding hydrogens is 529 g/mol.